The van der Waals surface area contributed by atoms with Crippen molar-refractivity contribution in [1.82, 2.24) is 9.88 Å². The molecule has 3 aromatic carbocycles. The number of fused-ring (bicyclic) bond motifs is 2. The van der Waals surface area contributed by atoms with Crippen molar-refractivity contribution in [1.29, 1.82) is 0 Å². The van der Waals surface area contributed by atoms with Crippen LogP contribution in [0.15, 0.2) is 71.7 Å². The first-order chi connectivity index (χ1) is 17.7. The van der Waals surface area contributed by atoms with Crippen LogP contribution in [0.5, 0.6) is 17.4 Å². The van der Waals surface area contributed by atoms with Crippen LogP contribution in [-0.4, -0.2) is 69.4 Å². The number of H-pyrrole nitrogens is 1. The Balaban J connectivity index is 1.59. The number of hydrogen-bond donors (Lipinski definition) is 2. The quantitative estimate of drug-likeness (QED) is 0.339. The summed E-state index contributed by atoms with van der Waals surface area (Å²) in [4.78, 5) is 9.85. The number of ether oxygens (including phenoxy) is 2. The Kier molecular flexibility index (Phi) is 6.53. The molecule has 10 heteroatoms. The third-order valence-corrected chi connectivity index (χ3v) is 7.28. The second-order valence-electron chi connectivity index (χ2n) is 9.08. The van der Waals surface area contributed by atoms with Crippen molar-refractivity contribution in [3.63, 3.8) is 0 Å². The first kappa shape index (κ1) is 24.7. The normalized spacial score (nSPS) is 13.5. The molecule has 0 atom stereocenters. The van der Waals surface area contributed by atoms with E-state index in [2.05, 4.69) is 4.98 Å². The Labute approximate surface area is 215 Å². The number of aromatic nitrogens is 1. The van der Waals surface area contributed by atoms with Gasteiger partial charge in [-0.3, -0.25) is 4.31 Å². The number of rotatable bonds is 8. The van der Waals surface area contributed by atoms with Crippen molar-refractivity contribution in [2.45, 2.75) is 0 Å². The van der Waals surface area contributed by atoms with E-state index in [1.807, 2.05) is 55.4 Å². The summed E-state index contributed by atoms with van der Waals surface area (Å²) in [6.07, 6.45) is 1.20. The lowest BCUT2D eigenvalue weighted by Crippen LogP contribution is -2.35. The van der Waals surface area contributed by atoms with Crippen LogP contribution in [0.3, 0.4) is 0 Å². The minimum absolute atomic E-state index is 0.0233. The van der Waals surface area contributed by atoms with Gasteiger partial charge < -0.3 is 24.5 Å². The number of sulfonamides is 1. The van der Waals surface area contributed by atoms with Gasteiger partial charge in [0.05, 0.1) is 34.4 Å². The van der Waals surface area contributed by atoms with E-state index in [4.69, 9.17) is 14.5 Å². The highest BCUT2D eigenvalue weighted by atomic mass is 32.2. The smallest absolute Gasteiger partial charge is 0.232 e. The number of anilines is 1. The first-order valence-electron chi connectivity index (χ1n) is 11.7. The van der Waals surface area contributed by atoms with E-state index in [0.29, 0.717) is 52.8 Å². The molecule has 0 amide bonds. The largest absolute Gasteiger partial charge is 0.494 e. The maximum absolute atomic E-state index is 12.4. The van der Waals surface area contributed by atoms with Gasteiger partial charge in [0.2, 0.25) is 16.8 Å². The van der Waals surface area contributed by atoms with Crippen LogP contribution in [0.25, 0.3) is 10.9 Å². The van der Waals surface area contributed by atoms with Crippen molar-refractivity contribution in [2.75, 3.05) is 44.5 Å². The molecule has 4 aromatic rings. The molecular formula is C27H28N4O5S. The third kappa shape index (κ3) is 5.11. The fraction of sp³-hybridized carbons (Fsp3) is 0.222. The monoisotopic (exact) mass is 520 g/mol. The van der Waals surface area contributed by atoms with Gasteiger partial charge in [0.1, 0.15) is 0 Å². The van der Waals surface area contributed by atoms with Gasteiger partial charge in [0, 0.05) is 30.1 Å². The molecule has 1 aliphatic heterocycles. The highest BCUT2D eigenvalue weighted by Crippen LogP contribution is 2.40. The van der Waals surface area contributed by atoms with Crippen molar-refractivity contribution in [3.05, 3.63) is 77.9 Å². The summed E-state index contributed by atoms with van der Waals surface area (Å²) >= 11 is 0. The van der Waals surface area contributed by atoms with E-state index >= 15 is 0 Å². The van der Waals surface area contributed by atoms with E-state index in [-0.39, 0.29) is 12.7 Å². The molecule has 0 saturated heterocycles. The predicted octanol–water partition coefficient (Wildman–Crippen LogP) is 4.10. The van der Waals surface area contributed by atoms with Gasteiger partial charge in [-0.25, -0.2) is 13.4 Å². The van der Waals surface area contributed by atoms with Gasteiger partial charge >= 0.3 is 0 Å². The van der Waals surface area contributed by atoms with Crippen molar-refractivity contribution in [3.8, 4) is 17.4 Å². The molecular weight excluding hydrogens is 492 g/mol. The number of likely N-dealkylation sites (N-methyl/N-ethyl adjacent to an activating group) is 1. The van der Waals surface area contributed by atoms with E-state index < -0.39 is 10.0 Å². The first-order valence-corrected chi connectivity index (χ1v) is 13.6. The van der Waals surface area contributed by atoms with E-state index in [0.717, 1.165) is 10.9 Å². The fourth-order valence-electron chi connectivity index (χ4n) is 4.27. The zero-order valence-electron chi connectivity index (χ0n) is 20.8. The minimum atomic E-state index is -3.45. The lowest BCUT2D eigenvalue weighted by atomic mass is 10.0. The van der Waals surface area contributed by atoms with Crippen LogP contribution in [0.1, 0.15) is 11.1 Å². The summed E-state index contributed by atoms with van der Waals surface area (Å²) in [5, 5.41) is 11.7. The van der Waals surface area contributed by atoms with Gasteiger partial charge in [-0.15, -0.1) is 0 Å². The minimum Gasteiger partial charge on any atom is -0.494 e. The number of nitrogens with one attached hydrogen (secondary N) is 1. The van der Waals surface area contributed by atoms with Crippen molar-refractivity contribution in [2.24, 2.45) is 4.99 Å². The molecule has 0 saturated carbocycles. The topological polar surface area (TPSA) is 107 Å². The van der Waals surface area contributed by atoms with E-state index in [1.54, 1.807) is 30.3 Å². The zero-order chi connectivity index (χ0) is 26.2. The molecule has 1 aromatic heterocycles. The van der Waals surface area contributed by atoms with Crippen molar-refractivity contribution >= 4 is 38.0 Å². The van der Waals surface area contributed by atoms with Crippen LogP contribution < -0.4 is 13.8 Å². The Morgan fingerprint density at radius 2 is 1.68 bits per heavy atom. The lowest BCUT2D eigenvalue weighted by molar-refractivity contribution is 0.174. The molecule has 0 radical (unpaired) electrons. The maximum atomic E-state index is 12.4. The number of aromatic hydroxyl groups is 1. The van der Waals surface area contributed by atoms with Crippen LogP contribution >= 0.6 is 0 Å². The van der Waals surface area contributed by atoms with E-state index in [9.17, 15) is 13.5 Å². The van der Waals surface area contributed by atoms with Gasteiger partial charge in [0.15, 0.2) is 17.4 Å². The molecule has 0 bridgehead atoms. The van der Waals surface area contributed by atoms with E-state index in [1.165, 1.54) is 10.6 Å². The molecule has 2 N–H and O–H groups in total. The molecule has 5 rings (SSSR count). The molecule has 0 aliphatic carbocycles. The van der Waals surface area contributed by atoms with Crippen LogP contribution in [0, 0.1) is 0 Å². The Morgan fingerprint density at radius 1 is 1.00 bits per heavy atom. The van der Waals surface area contributed by atoms with Gasteiger partial charge in [-0.1, -0.05) is 30.3 Å². The van der Waals surface area contributed by atoms with Gasteiger partial charge in [0.25, 0.3) is 0 Å². The van der Waals surface area contributed by atoms with Crippen LogP contribution in [-0.2, 0) is 10.0 Å². The molecule has 1 aliphatic rings. The Morgan fingerprint density at radius 3 is 2.32 bits per heavy atom. The van der Waals surface area contributed by atoms with Gasteiger partial charge in [-0.2, -0.15) is 0 Å². The second kappa shape index (κ2) is 9.79. The number of aromatic amines is 1. The number of aliphatic imine (C=N–C) groups is 1. The van der Waals surface area contributed by atoms with Crippen molar-refractivity contribution < 1.29 is 23.0 Å². The molecule has 2 heterocycles. The standard InChI is InChI=1S/C27H28N4O5S/c1-30(2)13-14-31(37(3,33)34)20-11-9-19(10-12-20)28-26(18-7-5-4-6-8-18)25-21-15-23-24(36-17-35-23)16-22(21)29-27(25)32/h4-12,15-16,29,32H,13-14,17H2,1-3H3. The maximum Gasteiger partial charge on any atom is 0.232 e. The fourth-order valence-corrected chi connectivity index (χ4v) is 5.19. The molecule has 0 unspecified atom stereocenters. The summed E-state index contributed by atoms with van der Waals surface area (Å²) in [6, 6.07) is 20.2. The number of nitrogens with zero attached hydrogens (tertiary/aromatic N) is 3. The average molecular weight is 521 g/mol. The number of benzene rings is 3. The molecule has 0 fully saturated rings. The number of hydrogen-bond acceptors (Lipinski definition) is 7. The molecule has 192 valence electrons. The summed E-state index contributed by atoms with van der Waals surface area (Å²) in [7, 11) is 0.348. The van der Waals surface area contributed by atoms with Crippen LogP contribution in [0.4, 0.5) is 11.4 Å². The summed E-state index contributed by atoms with van der Waals surface area (Å²) in [5.41, 5.74) is 3.77. The van der Waals surface area contributed by atoms with Crippen LogP contribution in [0.2, 0.25) is 0 Å². The highest BCUT2D eigenvalue weighted by molar-refractivity contribution is 7.92. The SMILES string of the molecule is CN(C)CCN(c1ccc(N=C(c2ccccc2)c2c(O)[nH]c3cc4c(cc23)OCO4)cc1)S(C)(=O)=O. The Hall–Kier alpha value is -4.02. The third-order valence-electron chi connectivity index (χ3n) is 6.09. The average Bonchev–Trinajstić information content (AvgIpc) is 3.44. The van der Waals surface area contributed by atoms with Gasteiger partial charge in [-0.05, 0) is 44.4 Å². The summed E-state index contributed by atoms with van der Waals surface area (Å²) in [6.45, 7) is 1.07. The molecule has 37 heavy (non-hydrogen) atoms. The lowest BCUT2D eigenvalue weighted by Gasteiger charge is -2.24. The summed E-state index contributed by atoms with van der Waals surface area (Å²) in [5.74, 6) is 1.19. The summed E-state index contributed by atoms with van der Waals surface area (Å²) < 4.78 is 37.3. The second-order valence-corrected chi connectivity index (χ2v) is 11.0. The Bertz CT molecular complexity index is 1560. The zero-order valence-corrected chi connectivity index (χ0v) is 21.6. The molecule has 0 spiro atoms. The molecule has 9 nitrogen and oxygen atoms in total. The highest BCUT2D eigenvalue weighted by Gasteiger charge is 2.23. The predicted molar refractivity (Wildman–Crippen MR) is 145 cm³/mol.